The van der Waals surface area contributed by atoms with Crippen LogP contribution in [0.2, 0.25) is 0 Å². The largest absolute Gasteiger partial charge is 0.444 e. The summed E-state index contributed by atoms with van der Waals surface area (Å²) in [7, 11) is 0. The minimum absolute atomic E-state index is 0.166. The lowest BCUT2D eigenvalue weighted by Crippen LogP contribution is -2.49. The SMILES string of the molecule is CC(C)(C)OC(=O)N1CCC2(CC1)CN(C(=O)OCc1ccccc1)c1ccccc12. The van der Waals surface area contributed by atoms with Gasteiger partial charge in [0, 0.05) is 25.0 Å². The number of hydrogen-bond acceptors (Lipinski definition) is 4. The molecule has 6 heteroatoms. The average Bonchev–Trinajstić information content (AvgIpc) is 3.06. The molecule has 2 aromatic carbocycles. The molecule has 0 aromatic heterocycles. The number of nitrogens with zero attached hydrogens (tertiary/aromatic N) is 2. The van der Waals surface area contributed by atoms with Gasteiger partial charge in [0.05, 0.1) is 5.69 Å². The lowest BCUT2D eigenvalue weighted by atomic mass is 9.74. The van der Waals surface area contributed by atoms with E-state index in [4.69, 9.17) is 9.47 Å². The minimum atomic E-state index is -0.508. The van der Waals surface area contributed by atoms with E-state index in [2.05, 4.69) is 6.07 Å². The van der Waals surface area contributed by atoms with Gasteiger partial charge in [0.2, 0.25) is 0 Å². The number of rotatable bonds is 2. The van der Waals surface area contributed by atoms with Gasteiger partial charge < -0.3 is 14.4 Å². The standard InChI is InChI=1S/C25H30N2O4/c1-24(2,3)31-22(28)26-15-13-25(14-16-26)18-27(21-12-8-7-11-20(21)25)23(29)30-17-19-9-5-4-6-10-19/h4-12H,13-18H2,1-3H3. The van der Waals surface area contributed by atoms with E-state index in [9.17, 15) is 9.59 Å². The van der Waals surface area contributed by atoms with Gasteiger partial charge in [-0.25, -0.2) is 9.59 Å². The Hall–Kier alpha value is -3.02. The van der Waals surface area contributed by atoms with Crippen LogP contribution < -0.4 is 4.90 Å². The van der Waals surface area contributed by atoms with Crippen LogP contribution in [0.25, 0.3) is 0 Å². The molecule has 2 aliphatic rings. The Morgan fingerprint density at radius 3 is 2.26 bits per heavy atom. The molecule has 0 bridgehead atoms. The summed E-state index contributed by atoms with van der Waals surface area (Å²) < 4.78 is 11.2. The zero-order chi connectivity index (χ0) is 22.1. The minimum Gasteiger partial charge on any atom is -0.444 e. The second-order valence-corrected chi connectivity index (χ2v) is 9.39. The van der Waals surface area contributed by atoms with Crippen LogP contribution in [0.3, 0.4) is 0 Å². The number of fused-ring (bicyclic) bond motifs is 2. The molecule has 0 unspecified atom stereocenters. The third-order valence-electron chi connectivity index (χ3n) is 6.02. The number of hydrogen-bond donors (Lipinski definition) is 0. The van der Waals surface area contributed by atoms with Crippen LogP contribution in [0, 0.1) is 0 Å². The van der Waals surface area contributed by atoms with Gasteiger partial charge in [0.1, 0.15) is 12.2 Å². The fourth-order valence-electron chi connectivity index (χ4n) is 4.46. The smallest absolute Gasteiger partial charge is 0.414 e. The highest BCUT2D eigenvalue weighted by Crippen LogP contribution is 2.47. The van der Waals surface area contributed by atoms with E-state index in [0.29, 0.717) is 19.6 Å². The first-order valence-electron chi connectivity index (χ1n) is 10.8. The first-order chi connectivity index (χ1) is 14.8. The first kappa shape index (κ1) is 21.2. The zero-order valence-electron chi connectivity index (χ0n) is 18.5. The number of anilines is 1. The molecule has 1 spiro atoms. The summed E-state index contributed by atoms with van der Waals surface area (Å²) in [6.45, 7) is 7.67. The molecule has 0 N–H and O–H groups in total. The fraction of sp³-hybridized carbons (Fsp3) is 0.440. The fourth-order valence-corrected chi connectivity index (χ4v) is 4.46. The lowest BCUT2D eigenvalue weighted by molar-refractivity contribution is 0.0169. The number of carbonyl (C=O) groups excluding carboxylic acids is 2. The molecule has 0 atom stereocenters. The van der Waals surface area contributed by atoms with Crippen molar-refractivity contribution in [3.8, 4) is 0 Å². The Kier molecular flexibility index (Phi) is 5.65. The topological polar surface area (TPSA) is 59.1 Å². The summed E-state index contributed by atoms with van der Waals surface area (Å²) in [5.74, 6) is 0. The Bertz CT molecular complexity index is 943. The molecule has 2 heterocycles. The molecule has 0 saturated carbocycles. The van der Waals surface area contributed by atoms with Gasteiger partial charge in [-0.1, -0.05) is 48.5 Å². The Morgan fingerprint density at radius 1 is 0.935 bits per heavy atom. The predicted octanol–water partition coefficient (Wildman–Crippen LogP) is 5.11. The molecular formula is C25H30N2O4. The van der Waals surface area contributed by atoms with Gasteiger partial charge in [-0.2, -0.15) is 0 Å². The summed E-state index contributed by atoms with van der Waals surface area (Å²) >= 11 is 0. The van der Waals surface area contributed by atoms with Crippen molar-refractivity contribution >= 4 is 17.9 Å². The van der Waals surface area contributed by atoms with Crippen LogP contribution in [0.5, 0.6) is 0 Å². The highest BCUT2D eigenvalue weighted by atomic mass is 16.6. The van der Waals surface area contributed by atoms with Crippen LogP contribution in [0.15, 0.2) is 54.6 Å². The maximum Gasteiger partial charge on any atom is 0.414 e. The van der Waals surface area contributed by atoms with Crippen LogP contribution in [-0.2, 0) is 21.5 Å². The van der Waals surface area contributed by atoms with Crippen molar-refractivity contribution in [3.63, 3.8) is 0 Å². The molecule has 31 heavy (non-hydrogen) atoms. The number of ether oxygens (including phenoxy) is 2. The van der Waals surface area contributed by atoms with E-state index in [1.165, 1.54) is 0 Å². The summed E-state index contributed by atoms with van der Waals surface area (Å²) in [6, 6.07) is 17.7. The van der Waals surface area contributed by atoms with Crippen LogP contribution in [-0.4, -0.2) is 42.3 Å². The van der Waals surface area contributed by atoms with E-state index in [1.807, 2.05) is 69.3 Å². The van der Waals surface area contributed by atoms with Crippen molar-refractivity contribution in [2.24, 2.45) is 0 Å². The van der Waals surface area contributed by atoms with Gasteiger partial charge in [-0.15, -0.1) is 0 Å². The van der Waals surface area contributed by atoms with Crippen molar-refractivity contribution in [1.82, 2.24) is 4.90 Å². The van der Waals surface area contributed by atoms with Crippen LogP contribution in [0.4, 0.5) is 15.3 Å². The zero-order valence-corrected chi connectivity index (χ0v) is 18.5. The molecule has 1 saturated heterocycles. The maximum absolute atomic E-state index is 13.0. The molecule has 0 aliphatic carbocycles. The molecule has 6 nitrogen and oxygen atoms in total. The van der Waals surface area contributed by atoms with Crippen molar-refractivity contribution in [2.45, 2.75) is 51.2 Å². The second kappa shape index (κ2) is 8.25. The van der Waals surface area contributed by atoms with Crippen molar-refractivity contribution in [2.75, 3.05) is 24.5 Å². The lowest BCUT2D eigenvalue weighted by Gasteiger charge is -2.40. The third-order valence-corrected chi connectivity index (χ3v) is 6.02. The quantitative estimate of drug-likeness (QED) is 0.675. The molecule has 2 aliphatic heterocycles. The molecular weight excluding hydrogens is 392 g/mol. The van der Waals surface area contributed by atoms with Gasteiger partial charge in [0.25, 0.3) is 0 Å². The van der Waals surface area contributed by atoms with Crippen LogP contribution in [0.1, 0.15) is 44.7 Å². The van der Waals surface area contributed by atoms with Gasteiger partial charge in [-0.05, 0) is 50.8 Å². The monoisotopic (exact) mass is 422 g/mol. The van der Waals surface area contributed by atoms with Gasteiger partial charge in [-0.3, -0.25) is 4.90 Å². The number of likely N-dealkylation sites (tertiary alicyclic amines) is 1. The van der Waals surface area contributed by atoms with Gasteiger partial charge >= 0.3 is 12.2 Å². The maximum atomic E-state index is 13.0. The Morgan fingerprint density at radius 2 is 1.58 bits per heavy atom. The second-order valence-electron chi connectivity index (χ2n) is 9.39. The number of carbonyl (C=O) groups is 2. The first-order valence-corrected chi connectivity index (χ1v) is 10.8. The Balaban J connectivity index is 1.46. The van der Waals surface area contributed by atoms with Crippen molar-refractivity contribution < 1.29 is 19.1 Å². The van der Waals surface area contributed by atoms with Crippen molar-refractivity contribution in [3.05, 3.63) is 65.7 Å². The number of para-hydroxylation sites is 1. The number of benzene rings is 2. The molecule has 0 radical (unpaired) electrons. The molecule has 4 rings (SSSR count). The highest BCUT2D eigenvalue weighted by Gasteiger charge is 2.47. The molecule has 2 amide bonds. The summed E-state index contributed by atoms with van der Waals surface area (Å²) in [6.07, 6.45) is 0.966. The van der Waals surface area contributed by atoms with E-state index >= 15 is 0 Å². The summed E-state index contributed by atoms with van der Waals surface area (Å²) in [5.41, 5.74) is 2.36. The van der Waals surface area contributed by atoms with Gasteiger partial charge in [0.15, 0.2) is 0 Å². The highest BCUT2D eigenvalue weighted by molar-refractivity contribution is 5.91. The van der Waals surface area contributed by atoms with E-state index in [1.54, 1.807) is 9.80 Å². The summed E-state index contributed by atoms with van der Waals surface area (Å²) in [4.78, 5) is 29.0. The third kappa shape index (κ3) is 4.53. The number of amides is 2. The van der Waals surface area contributed by atoms with Crippen LogP contribution >= 0.6 is 0 Å². The summed E-state index contributed by atoms with van der Waals surface area (Å²) in [5, 5.41) is 0. The average molecular weight is 423 g/mol. The van der Waals surface area contributed by atoms with E-state index in [0.717, 1.165) is 29.7 Å². The van der Waals surface area contributed by atoms with E-state index < -0.39 is 5.60 Å². The molecule has 1 fully saturated rings. The molecule has 164 valence electrons. The number of piperidine rings is 1. The van der Waals surface area contributed by atoms with Crippen molar-refractivity contribution in [1.29, 1.82) is 0 Å². The Labute approximate surface area is 183 Å². The normalized spacial score (nSPS) is 17.4. The molecule has 2 aromatic rings. The predicted molar refractivity (Wildman–Crippen MR) is 119 cm³/mol. The van der Waals surface area contributed by atoms with E-state index in [-0.39, 0.29) is 24.2 Å².